The molecule has 0 heterocycles. The number of aliphatic hydroxyl groups excluding tert-OH is 2. The van der Waals surface area contributed by atoms with Crippen molar-refractivity contribution in [1.29, 1.82) is 0 Å². The molecule has 0 saturated heterocycles. The Kier molecular flexibility index (Phi) is 5.19. The van der Waals surface area contributed by atoms with Gasteiger partial charge in [0.2, 0.25) is 0 Å². The van der Waals surface area contributed by atoms with E-state index in [2.05, 4.69) is 21.2 Å². The van der Waals surface area contributed by atoms with Crippen LogP contribution in [0.2, 0.25) is 0 Å². The first-order valence-electron chi connectivity index (χ1n) is 7.72. The van der Waals surface area contributed by atoms with E-state index in [1.807, 2.05) is 0 Å². The Hall–Kier alpha value is -2.11. The van der Waals surface area contributed by atoms with Gasteiger partial charge in [-0.3, -0.25) is 14.1 Å². The number of fused-ring (bicyclic) bond motifs is 2. The second-order valence-electron chi connectivity index (χ2n) is 5.88. The predicted molar refractivity (Wildman–Crippen MR) is 98.8 cm³/mol. The first-order chi connectivity index (χ1) is 12.7. The van der Waals surface area contributed by atoms with E-state index in [4.69, 9.17) is 5.11 Å². The topological polar surface area (TPSA) is 141 Å². The molecule has 1 atom stereocenters. The van der Waals surface area contributed by atoms with E-state index in [-0.39, 0.29) is 39.0 Å². The fourth-order valence-corrected chi connectivity index (χ4v) is 4.35. The van der Waals surface area contributed by atoms with Gasteiger partial charge in [-0.2, -0.15) is 8.42 Å². The van der Waals surface area contributed by atoms with Gasteiger partial charge in [0.15, 0.2) is 11.6 Å². The van der Waals surface area contributed by atoms with Gasteiger partial charge in [0.05, 0.1) is 29.5 Å². The fourth-order valence-electron chi connectivity index (χ4n) is 2.89. The largest absolute Gasteiger partial charge is 0.394 e. The quantitative estimate of drug-likeness (QED) is 0.421. The average Bonchev–Trinajstić information content (AvgIpc) is 2.63. The lowest BCUT2D eigenvalue weighted by Gasteiger charge is -2.24. The van der Waals surface area contributed by atoms with Crippen molar-refractivity contribution in [3.8, 4) is 0 Å². The number of rotatable bonds is 5. The van der Waals surface area contributed by atoms with E-state index >= 15 is 0 Å². The standard InChI is InChI=1S/C17H14BrNO7S/c18-11-5-12(27(24,25)26)15(19-6-8(21)7-20)14-13(11)16(22)9-3-1-2-4-10(9)17(14)23/h1-5,8,19-21H,6-7H2,(H,24,25,26). The van der Waals surface area contributed by atoms with E-state index < -0.39 is 39.3 Å². The molecule has 1 aliphatic carbocycles. The lowest BCUT2D eigenvalue weighted by molar-refractivity contribution is 0.0978. The van der Waals surface area contributed by atoms with Crippen molar-refractivity contribution in [2.75, 3.05) is 18.5 Å². The molecule has 0 bridgehead atoms. The molecule has 8 nitrogen and oxygen atoms in total. The van der Waals surface area contributed by atoms with Gasteiger partial charge in [-0.05, 0) is 22.0 Å². The van der Waals surface area contributed by atoms with Crippen LogP contribution in [0.15, 0.2) is 39.7 Å². The van der Waals surface area contributed by atoms with E-state index in [1.165, 1.54) is 12.1 Å². The summed E-state index contributed by atoms with van der Waals surface area (Å²) in [5.41, 5.74) is -0.314. The molecule has 0 amide bonds. The Morgan fingerprint density at radius 3 is 2.15 bits per heavy atom. The van der Waals surface area contributed by atoms with Crippen molar-refractivity contribution in [2.45, 2.75) is 11.0 Å². The van der Waals surface area contributed by atoms with Gasteiger partial charge < -0.3 is 15.5 Å². The van der Waals surface area contributed by atoms with E-state index in [0.717, 1.165) is 6.07 Å². The van der Waals surface area contributed by atoms with Crippen LogP contribution in [0.1, 0.15) is 31.8 Å². The minimum absolute atomic E-state index is 0.0336. The van der Waals surface area contributed by atoms with Gasteiger partial charge in [-0.15, -0.1) is 0 Å². The Balaban J connectivity index is 2.31. The Labute approximate surface area is 162 Å². The normalized spacial score (nSPS) is 14.5. The van der Waals surface area contributed by atoms with Gasteiger partial charge >= 0.3 is 0 Å². The summed E-state index contributed by atoms with van der Waals surface area (Å²) in [5, 5.41) is 21.1. The minimum Gasteiger partial charge on any atom is -0.394 e. The van der Waals surface area contributed by atoms with Crippen LogP contribution in [0.3, 0.4) is 0 Å². The third-order valence-electron chi connectivity index (χ3n) is 4.12. The Bertz CT molecular complexity index is 1070. The molecule has 0 fully saturated rings. The number of nitrogens with one attached hydrogen (secondary N) is 1. The van der Waals surface area contributed by atoms with Gasteiger partial charge in [0, 0.05) is 22.1 Å². The molecule has 0 aromatic heterocycles. The number of halogens is 1. The van der Waals surface area contributed by atoms with Crippen LogP contribution in [0, 0.1) is 0 Å². The minimum atomic E-state index is -4.76. The summed E-state index contributed by atoms with van der Waals surface area (Å²) in [6.45, 7) is -0.918. The van der Waals surface area contributed by atoms with Crippen LogP contribution >= 0.6 is 15.9 Å². The van der Waals surface area contributed by atoms with Crippen molar-refractivity contribution >= 4 is 43.3 Å². The monoisotopic (exact) mass is 455 g/mol. The SMILES string of the molecule is O=C1c2ccccc2C(=O)c2c(NCC(O)CO)c(S(=O)(=O)O)cc(Br)c21. The van der Waals surface area contributed by atoms with Crippen LogP contribution < -0.4 is 5.32 Å². The summed E-state index contributed by atoms with van der Waals surface area (Å²) in [7, 11) is -4.76. The second kappa shape index (κ2) is 7.13. The van der Waals surface area contributed by atoms with Gasteiger partial charge in [0.25, 0.3) is 10.1 Å². The summed E-state index contributed by atoms with van der Waals surface area (Å²) in [6, 6.07) is 7.12. The third kappa shape index (κ3) is 3.42. The van der Waals surface area contributed by atoms with Gasteiger partial charge in [-0.25, -0.2) is 0 Å². The molecule has 3 rings (SSSR count). The zero-order chi connectivity index (χ0) is 19.9. The number of anilines is 1. The molecule has 0 spiro atoms. The van der Waals surface area contributed by atoms with Gasteiger partial charge in [-0.1, -0.05) is 24.3 Å². The number of aliphatic hydroxyl groups is 2. The molecule has 2 aromatic rings. The number of benzene rings is 2. The van der Waals surface area contributed by atoms with Crippen molar-refractivity contribution in [3.05, 3.63) is 57.1 Å². The molecule has 0 saturated carbocycles. The molecular weight excluding hydrogens is 442 g/mol. The zero-order valence-electron chi connectivity index (χ0n) is 13.6. The lowest BCUT2D eigenvalue weighted by atomic mass is 9.83. The van der Waals surface area contributed by atoms with Crippen LogP contribution in [0.5, 0.6) is 0 Å². The predicted octanol–water partition coefficient (Wildman–Crippen LogP) is 1.24. The molecule has 1 aliphatic rings. The summed E-state index contributed by atoms with van der Waals surface area (Å²) in [6.07, 6.45) is -1.25. The van der Waals surface area contributed by atoms with Crippen molar-refractivity contribution in [1.82, 2.24) is 0 Å². The van der Waals surface area contributed by atoms with Gasteiger partial charge in [0.1, 0.15) is 4.90 Å². The number of carbonyl (C=O) groups is 2. The maximum absolute atomic E-state index is 13.0. The van der Waals surface area contributed by atoms with Crippen LogP contribution in [0.25, 0.3) is 0 Å². The van der Waals surface area contributed by atoms with E-state index in [9.17, 15) is 27.7 Å². The molecule has 10 heteroatoms. The smallest absolute Gasteiger partial charge is 0.296 e. The highest BCUT2D eigenvalue weighted by Crippen LogP contribution is 2.40. The first-order valence-corrected chi connectivity index (χ1v) is 9.95. The maximum Gasteiger partial charge on any atom is 0.296 e. The van der Waals surface area contributed by atoms with Crippen molar-refractivity contribution in [3.63, 3.8) is 0 Å². The van der Waals surface area contributed by atoms with E-state index in [1.54, 1.807) is 12.1 Å². The molecule has 4 N–H and O–H groups in total. The fraction of sp³-hybridized carbons (Fsp3) is 0.176. The average molecular weight is 456 g/mol. The van der Waals surface area contributed by atoms with Crippen LogP contribution in [0.4, 0.5) is 5.69 Å². The summed E-state index contributed by atoms with van der Waals surface area (Å²) in [5.74, 6) is -1.09. The van der Waals surface area contributed by atoms with Crippen LogP contribution in [-0.2, 0) is 10.1 Å². The molecule has 0 radical (unpaired) electrons. The number of carbonyl (C=O) groups excluding carboxylic acids is 2. The maximum atomic E-state index is 13.0. The van der Waals surface area contributed by atoms with Crippen molar-refractivity contribution < 1.29 is 32.8 Å². The highest BCUT2D eigenvalue weighted by molar-refractivity contribution is 9.10. The molecule has 27 heavy (non-hydrogen) atoms. The number of ketones is 2. The number of hydrogen-bond acceptors (Lipinski definition) is 7. The molecule has 0 aliphatic heterocycles. The second-order valence-corrected chi connectivity index (χ2v) is 8.12. The molecule has 2 aromatic carbocycles. The highest BCUT2D eigenvalue weighted by atomic mass is 79.9. The van der Waals surface area contributed by atoms with Crippen LogP contribution in [-0.4, -0.2) is 54.0 Å². The van der Waals surface area contributed by atoms with Crippen molar-refractivity contribution in [2.24, 2.45) is 0 Å². The summed E-state index contributed by atoms with van der Waals surface area (Å²) in [4.78, 5) is 25.3. The first kappa shape index (κ1) is 19.6. The number of hydrogen-bond donors (Lipinski definition) is 4. The lowest BCUT2D eigenvalue weighted by Crippen LogP contribution is -2.28. The summed E-state index contributed by atoms with van der Waals surface area (Å²) >= 11 is 3.11. The Morgan fingerprint density at radius 1 is 1.07 bits per heavy atom. The molecule has 142 valence electrons. The molecular formula is C17H14BrNO7S. The highest BCUT2D eigenvalue weighted by Gasteiger charge is 2.36. The summed E-state index contributed by atoms with van der Waals surface area (Å²) < 4.78 is 33.3. The molecule has 1 unspecified atom stereocenters. The van der Waals surface area contributed by atoms with E-state index in [0.29, 0.717) is 0 Å². The zero-order valence-corrected chi connectivity index (χ0v) is 16.0. The third-order valence-corrected chi connectivity index (χ3v) is 5.62. The Morgan fingerprint density at radius 2 is 1.63 bits per heavy atom.